The number of hydrogen-bond acceptors (Lipinski definition) is 5. The molecule has 5 nitrogen and oxygen atoms in total. The van der Waals surface area contributed by atoms with Crippen molar-refractivity contribution >= 4 is 33.3 Å². The maximum Gasteiger partial charge on any atom is 0.326 e. The van der Waals surface area contributed by atoms with E-state index in [1.165, 1.54) is 23.1 Å². The maximum absolute atomic E-state index is 11.6. The second-order valence-electron chi connectivity index (χ2n) is 3.34. The van der Waals surface area contributed by atoms with Crippen molar-refractivity contribution in [3.8, 4) is 6.07 Å². The Labute approximate surface area is 104 Å². The third-order valence-corrected chi connectivity index (χ3v) is 4.76. The predicted octanol–water partition coefficient (Wildman–Crippen LogP) is 1.65. The molecule has 2 aromatic rings. The Balaban J connectivity index is 2.72. The number of H-pyrrole nitrogens is 2. The molecule has 7 heteroatoms. The van der Waals surface area contributed by atoms with Crippen molar-refractivity contribution in [3.05, 3.63) is 26.4 Å². The summed E-state index contributed by atoms with van der Waals surface area (Å²) in [6, 6.07) is 2.05. The van der Waals surface area contributed by atoms with E-state index in [4.69, 9.17) is 5.26 Å². The molecule has 2 heterocycles. The van der Waals surface area contributed by atoms with E-state index in [0.717, 1.165) is 16.4 Å². The summed E-state index contributed by atoms with van der Waals surface area (Å²) in [4.78, 5) is 27.4. The first-order chi connectivity index (χ1) is 8.17. The Kier molecular flexibility index (Phi) is 3.36. The number of nitrogens with zero attached hydrogens (tertiary/aromatic N) is 1. The summed E-state index contributed by atoms with van der Waals surface area (Å²) in [5.74, 6) is 0.879. The van der Waals surface area contributed by atoms with Gasteiger partial charge in [-0.15, -0.1) is 23.1 Å². The number of aromatic amines is 2. The Morgan fingerprint density at radius 3 is 2.82 bits per heavy atom. The van der Waals surface area contributed by atoms with Crippen molar-refractivity contribution in [1.82, 2.24) is 9.97 Å². The highest BCUT2D eigenvalue weighted by atomic mass is 32.2. The molecule has 0 aliphatic carbocycles. The van der Waals surface area contributed by atoms with Gasteiger partial charge in [-0.2, -0.15) is 5.26 Å². The highest BCUT2D eigenvalue weighted by Crippen LogP contribution is 2.34. The zero-order valence-corrected chi connectivity index (χ0v) is 10.6. The van der Waals surface area contributed by atoms with Crippen LogP contribution in [0.1, 0.15) is 18.9 Å². The third kappa shape index (κ3) is 2.14. The third-order valence-electron chi connectivity index (χ3n) is 2.10. The van der Waals surface area contributed by atoms with Crippen molar-refractivity contribution in [2.24, 2.45) is 0 Å². The van der Waals surface area contributed by atoms with Crippen LogP contribution in [0.2, 0.25) is 0 Å². The van der Waals surface area contributed by atoms with Crippen molar-refractivity contribution in [1.29, 1.82) is 5.26 Å². The first-order valence-electron chi connectivity index (χ1n) is 4.99. The number of nitrogens with one attached hydrogen (secondary N) is 2. The molecule has 0 atom stereocenters. The minimum absolute atomic E-state index is 0.352. The van der Waals surface area contributed by atoms with E-state index >= 15 is 0 Å². The summed E-state index contributed by atoms with van der Waals surface area (Å²) >= 11 is 2.78. The van der Waals surface area contributed by atoms with E-state index in [2.05, 4.69) is 9.97 Å². The van der Waals surface area contributed by atoms with Gasteiger partial charge in [-0.25, -0.2) is 4.79 Å². The van der Waals surface area contributed by atoms with Crippen LogP contribution in [0.15, 0.2) is 13.8 Å². The standard InChI is InChI=1S/C10H9N3O2S2/c1-2-3-16-9-5(4-11)6-7(17-9)8(14)13-10(15)12-6/h2-3H2,1H3,(H2,12,13,14,15). The van der Waals surface area contributed by atoms with E-state index in [1.54, 1.807) is 0 Å². The fraction of sp³-hybridized carbons (Fsp3) is 0.300. The normalized spacial score (nSPS) is 10.6. The van der Waals surface area contributed by atoms with E-state index in [1.807, 2.05) is 13.0 Å². The molecule has 0 radical (unpaired) electrons. The van der Waals surface area contributed by atoms with Gasteiger partial charge < -0.3 is 4.98 Å². The summed E-state index contributed by atoms with van der Waals surface area (Å²) < 4.78 is 1.19. The van der Waals surface area contributed by atoms with Crippen LogP contribution < -0.4 is 11.2 Å². The Hall–Kier alpha value is -1.52. The lowest BCUT2D eigenvalue weighted by Gasteiger charge is -1.94. The molecule has 0 fully saturated rings. The molecule has 0 aliphatic rings. The monoisotopic (exact) mass is 267 g/mol. The van der Waals surface area contributed by atoms with Crippen LogP contribution in [-0.2, 0) is 0 Å². The molecule has 0 bridgehead atoms. The van der Waals surface area contributed by atoms with Gasteiger partial charge >= 0.3 is 5.69 Å². The van der Waals surface area contributed by atoms with Crippen molar-refractivity contribution < 1.29 is 0 Å². The number of nitriles is 1. The van der Waals surface area contributed by atoms with Gasteiger partial charge in [0.25, 0.3) is 5.56 Å². The first-order valence-corrected chi connectivity index (χ1v) is 6.79. The molecule has 0 amide bonds. The quantitative estimate of drug-likeness (QED) is 0.827. The average Bonchev–Trinajstić information content (AvgIpc) is 2.64. The van der Waals surface area contributed by atoms with Gasteiger partial charge in [-0.3, -0.25) is 9.78 Å². The van der Waals surface area contributed by atoms with Crippen LogP contribution in [0.5, 0.6) is 0 Å². The molecule has 2 rings (SSSR count). The summed E-state index contributed by atoms with van der Waals surface area (Å²) in [5, 5.41) is 9.10. The Morgan fingerprint density at radius 1 is 1.41 bits per heavy atom. The molecule has 88 valence electrons. The SMILES string of the molecule is CCCSc1sc2c(=O)[nH]c(=O)[nH]c2c1C#N. The molecule has 0 saturated carbocycles. The van der Waals surface area contributed by atoms with Gasteiger partial charge in [-0.1, -0.05) is 6.92 Å². The Morgan fingerprint density at radius 2 is 2.18 bits per heavy atom. The second kappa shape index (κ2) is 4.77. The number of thiophene rings is 1. The number of rotatable bonds is 3. The minimum atomic E-state index is -0.580. The van der Waals surface area contributed by atoms with Gasteiger partial charge in [-0.05, 0) is 12.2 Å². The zero-order valence-electron chi connectivity index (χ0n) is 8.99. The van der Waals surface area contributed by atoms with Crippen LogP contribution >= 0.6 is 23.1 Å². The van der Waals surface area contributed by atoms with E-state index in [0.29, 0.717) is 15.8 Å². The molecule has 2 N–H and O–H groups in total. The fourth-order valence-corrected chi connectivity index (χ4v) is 3.64. The second-order valence-corrected chi connectivity index (χ2v) is 5.72. The smallest absolute Gasteiger partial charge is 0.305 e. The molecule has 0 aromatic carbocycles. The van der Waals surface area contributed by atoms with Crippen LogP contribution in [-0.4, -0.2) is 15.7 Å². The van der Waals surface area contributed by atoms with Gasteiger partial charge in [0.2, 0.25) is 0 Å². The van der Waals surface area contributed by atoms with Crippen LogP contribution in [0.3, 0.4) is 0 Å². The van der Waals surface area contributed by atoms with Gasteiger partial charge in [0, 0.05) is 0 Å². The Bertz CT molecular complexity index is 705. The number of fused-ring (bicyclic) bond motifs is 1. The molecule has 0 saturated heterocycles. The van der Waals surface area contributed by atoms with Gasteiger partial charge in [0.15, 0.2) is 0 Å². The van der Waals surface area contributed by atoms with Crippen LogP contribution in [0, 0.1) is 11.3 Å². The lowest BCUT2D eigenvalue weighted by molar-refractivity contribution is 1.08. The van der Waals surface area contributed by atoms with Crippen molar-refractivity contribution in [3.63, 3.8) is 0 Å². The molecular formula is C10H9N3O2S2. The summed E-state index contributed by atoms with van der Waals surface area (Å²) in [5.41, 5.74) is -0.269. The lowest BCUT2D eigenvalue weighted by atomic mass is 10.3. The minimum Gasteiger partial charge on any atom is -0.305 e. The van der Waals surface area contributed by atoms with Gasteiger partial charge in [0.05, 0.1) is 9.73 Å². The number of hydrogen-bond donors (Lipinski definition) is 2. The molecule has 0 aliphatic heterocycles. The van der Waals surface area contributed by atoms with Crippen molar-refractivity contribution in [2.75, 3.05) is 5.75 Å². The molecule has 0 unspecified atom stereocenters. The average molecular weight is 267 g/mol. The molecule has 2 aromatic heterocycles. The highest BCUT2D eigenvalue weighted by molar-refractivity contribution is 8.01. The summed E-state index contributed by atoms with van der Waals surface area (Å²) in [6.07, 6.45) is 0.983. The summed E-state index contributed by atoms with van der Waals surface area (Å²) in [7, 11) is 0. The zero-order chi connectivity index (χ0) is 12.4. The number of thioether (sulfide) groups is 1. The van der Waals surface area contributed by atoms with E-state index in [-0.39, 0.29) is 0 Å². The first kappa shape index (κ1) is 12.0. The van der Waals surface area contributed by atoms with E-state index in [9.17, 15) is 9.59 Å². The highest BCUT2D eigenvalue weighted by Gasteiger charge is 2.15. The molecular weight excluding hydrogens is 258 g/mol. The molecule has 0 spiro atoms. The number of aromatic nitrogens is 2. The van der Waals surface area contributed by atoms with E-state index < -0.39 is 11.2 Å². The topological polar surface area (TPSA) is 89.5 Å². The van der Waals surface area contributed by atoms with Crippen molar-refractivity contribution in [2.45, 2.75) is 17.6 Å². The lowest BCUT2D eigenvalue weighted by Crippen LogP contribution is -2.20. The predicted molar refractivity (Wildman–Crippen MR) is 68.8 cm³/mol. The summed E-state index contributed by atoms with van der Waals surface area (Å²) in [6.45, 7) is 2.04. The van der Waals surface area contributed by atoms with Crippen LogP contribution in [0.25, 0.3) is 10.2 Å². The fourth-order valence-electron chi connectivity index (χ4n) is 1.39. The molecule has 17 heavy (non-hydrogen) atoms. The van der Waals surface area contributed by atoms with Gasteiger partial charge in [0.1, 0.15) is 16.3 Å². The maximum atomic E-state index is 11.6. The van der Waals surface area contributed by atoms with Crippen LogP contribution in [0.4, 0.5) is 0 Å². The largest absolute Gasteiger partial charge is 0.326 e.